The van der Waals surface area contributed by atoms with Gasteiger partial charge in [-0.05, 0) is 18.4 Å². The predicted molar refractivity (Wildman–Crippen MR) is 107 cm³/mol. The van der Waals surface area contributed by atoms with Crippen LogP contribution in [0.5, 0.6) is 0 Å². The molecule has 5 aromatic rings. The van der Waals surface area contributed by atoms with E-state index in [0.717, 1.165) is 34.1 Å². The van der Waals surface area contributed by atoms with E-state index in [1.165, 1.54) is 4.52 Å². The minimum absolute atomic E-state index is 0.161. The lowest BCUT2D eigenvalue weighted by Crippen LogP contribution is -2.16. The van der Waals surface area contributed by atoms with Crippen molar-refractivity contribution < 1.29 is 0 Å². The first-order valence-electron chi connectivity index (χ1n) is 9.13. The van der Waals surface area contributed by atoms with Crippen molar-refractivity contribution in [3.8, 4) is 11.4 Å². The predicted octanol–water partition coefficient (Wildman–Crippen LogP) is 2.76. The van der Waals surface area contributed by atoms with E-state index >= 15 is 0 Å². The third kappa shape index (κ3) is 2.87. The second kappa shape index (κ2) is 6.45. The standard InChI is InChI=1S/C21H18N6O/c1-26-13-16-9-5-8-14(19(16)24-26)10-11-17-12-18(28)27-21(22-17)23-20(25-27)15-6-3-2-4-7-15/h2-9,12-13H,10-11H2,1H3,(H,22,23,25). The molecule has 0 aliphatic heterocycles. The van der Waals surface area contributed by atoms with E-state index in [-0.39, 0.29) is 5.56 Å². The van der Waals surface area contributed by atoms with E-state index in [1.807, 2.05) is 54.3 Å². The Labute approximate surface area is 160 Å². The molecule has 0 spiro atoms. The summed E-state index contributed by atoms with van der Waals surface area (Å²) >= 11 is 0. The van der Waals surface area contributed by atoms with Crippen molar-refractivity contribution in [3.63, 3.8) is 0 Å². The summed E-state index contributed by atoms with van der Waals surface area (Å²) in [6.07, 6.45) is 3.41. The molecule has 2 aromatic carbocycles. The Hall–Kier alpha value is -3.74. The van der Waals surface area contributed by atoms with Crippen LogP contribution in [-0.2, 0) is 19.9 Å². The Morgan fingerprint density at radius 2 is 1.86 bits per heavy atom. The maximum Gasteiger partial charge on any atom is 0.274 e. The zero-order valence-corrected chi connectivity index (χ0v) is 15.3. The third-order valence-corrected chi connectivity index (χ3v) is 4.82. The SMILES string of the molecule is Cn1cc2cccc(CCc3cc(=O)n4[nH]c(-c5ccccc5)nc4n3)c2n1. The van der Waals surface area contributed by atoms with Crippen LogP contribution in [0.3, 0.4) is 0 Å². The highest BCUT2D eigenvalue weighted by atomic mass is 16.1. The Kier molecular flexibility index (Phi) is 3.79. The van der Waals surface area contributed by atoms with Gasteiger partial charge in [0.15, 0.2) is 5.82 Å². The van der Waals surface area contributed by atoms with Gasteiger partial charge in [0, 0.05) is 30.3 Å². The van der Waals surface area contributed by atoms with Gasteiger partial charge in [-0.25, -0.2) is 4.98 Å². The summed E-state index contributed by atoms with van der Waals surface area (Å²) in [5.74, 6) is 1.01. The summed E-state index contributed by atoms with van der Waals surface area (Å²) in [6, 6.07) is 17.4. The second-order valence-electron chi connectivity index (χ2n) is 6.82. The van der Waals surface area contributed by atoms with Crippen molar-refractivity contribution in [3.05, 3.63) is 82.4 Å². The van der Waals surface area contributed by atoms with Gasteiger partial charge in [0.1, 0.15) is 0 Å². The Bertz CT molecular complexity index is 1350. The molecule has 3 aromatic heterocycles. The van der Waals surface area contributed by atoms with Gasteiger partial charge in [0.25, 0.3) is 11.3 Å². The van der Waals surface area contributed by atoms with Gasteiger partial charge in [0.2, 0.25) is 0 Å². The zero-order valence-electron chi connectivity index (χ0n) is 15.3. The summed E-state index contributed by atoms with van der Waals surface area (Å²) in [4.78, 5) is 21.6. The van der Waals surface area contributed by atoms with Crippen molar-refractivity contribution in [1.82, 2.24) is 29.4 Å². The molecule has 7 nitrogen and oxygen atoms in total. The monoisotopic (exact) mass is 370 g/mol. The summed E-state index contributed by atoms with van der Waals surface area (Å²) < 4.78 is 3.20. The molecule has 138 valence electrons. The van der Waals surface area contributed by atoms with E-state index in [9.17, 15) is 4.79 Å². The molecule has 0 atom stereocenters. The molecule has 0 bridgehead atoms. The minimum atomic E-state index is -0.161. The first-order valence-corrected chi connectivity index (χ1v) is 9.13. The van der Waals surface area contributed by atoms with Gasteiger partial charge in [-0.15, -0.1) is 0 Å². The Morgan fingerprint density at radius 1 is 1.00 bits per heavy atom. The number of hydrogen-bond donors (Lipinski definition) is 1. The Balaban J connectivity index is 1.47. The molecular weight excluding hydrogens is 352 g/mol. The topological polar surface area (TPSA) is 80.9 Å². The van der Waals surface area contributed by atoms with Crippen molar-refractivity contribution >= 4 is 16.7 Å². The summed E-state index contributed by atoms with van der Waals surface area (Å²) in [5.41, 5.74) is 3.62. The number of fused-ring (bicyclic) bond motifs is 2. The fraction of sp³-hybridized carbons (Fsp3) is 0.143. The highest BCUT2D eigenvalue weighted by Crippen LogP contribution is 2.18. The molecule has 3 heterocycles. The van der Waals surface area contributed by atoms with E-state index in [2.05, 4.69) is 32.3 Å². The second-order valence-corrected chi connectivity index (χ2v) is 6.82. The van der Waals surface area contributed by atoms with E-state index < -0.39 is 0 Å². The van der Waals surface area contributed by atoms with Gasteiger partial charge in [-0.2, -0.15) is 14.6 Å². The molecule has 1 N–H and O–H groups in total. The summed E-state index contributed by atoms with van der Waals surface area (Å²) in [6.45, 7) is 0. The molecule has 0 amide bonds. The number of H-pyrrole nitrogens is 1. The van der Waals surface area contributed by atoms with E-state index in [0.29, 0.717) is 18.0 Å². The molecule has 0 radical (unpaired) electrons. The summed E-state index contributed by atoms with van der Waals surface area (Å²) in [5, 5.41) is 8.68. The van der Waals surface area contributed by atoms with Gasteiger partial charge in [0.05, 0.1) is 11.2 Å². The van der Waals surface area contributed by atoms with Crippen molar-refractivity contribution in [1.29, 1.82) is 0 Å². The fourth-order valence-electron chi connectivity index (χ4n) is 3.47. The lowest BCUT2D eigenvalue weighted by atomic mass is 10.1. The van der Waals surface area contributed by atoms with E-state index in [1.54, 1.807) is 6.07 Å². The van der Waals surface area contributed by atoms with E-state index in [4.69, 9.17) is 0 Å². The molecular formula is C21H18N6O. The van der Waals surface area contributed by atoms with Crippen molar-refractivity contribution in [2.75, 3.05) is 0 Å². The molecule has 0 aliphatic rings. The lowest BCUT2D eigenvalue weighted by Gasteiger charge is -2.02. The van der Waals surface area contributed by atoms with Crippen LogP contribution in [0.25, 0.3) is 28.1 Å². The number of rotatable bonds is 4. The number of aromatic nitrogens is 6. The smallest absolute Gasteiger partial charge is 0.274 e. The van der Waals surface area contributed by atoms with Crippen LogP contribution in [0.2, 0.25) is 0 Å². The molecule has 0 aliphatic carbocycles. The number of nitrogens with one attached hydrogen (secondary N) is 1. The largest absolute Gasteiger partial charge is 0.275 e. The quantitative estimate of drug-likeness (QED) is 0.527. The van der Waals surface area contributed by atoms with Crippen LogP contribution in [0.4, 0.5) is 0 Å². The molecule has 5 rings (SSSR count). The lowest BCUT2D eigenvalue weighted by molar-refractivity contribution is 0.776. The molecule has 28 heavy (non-hydrogen) atoms. The van der Waals surface area contributed by atoms with Crippen LogP contribution in [0.15, 0.2) is 65.6 Å². The van der Waals surface area contributed by atoms with Crippen LogP contribution in [-0.4, -0.2) is 29.4 Å². The Morgan fingerprint density at radius 3 is 2.71 bits per heavy atom. The maximum absolute atomic E-state index is 12.5. The van der Waals surface area contributed by atoms with Crippen molar-refractivity contribution in [2.24, 2.45) is 7.05 Å². The number of aryl methyl sites for hydroxylation is 3. The van der Waals surface area contributed by atoms with Gasteiger partial charge in [-0.1, -0.05) is 48.5 Å². The first kappa shape index (κ1) is 16.4. The van der Waals surface area contributed by atoms with Gasteiger partial charge < -0.3 is 0 Å². The zero-order chi connectivity index (χ0) is 19.1. The number of nitrogens with zero attached hydrogens (tertiary/aromatic N) is 5. The maximum atomic E-state index is 12.5. The molecule has 0 fully saturated rings. The van der Waals surface area contributed by atoms with Crippen LogP contribution >= 0.6 is 0 Å². The van der Waals surface area contributed by atoms with Gasteiger partial charge >= 0.3 is 0 Å². The minimum Gasteiger partial charge on any atom is -0.275 e. The highest BCUT2D eigenvalue weighted by molar-refractivity contribution is 5.81. The highest BCUT2D eigenvalue weighted by Gasteiger charge is 2.11. The van der Waals surface area contributed by atoms with Crippen LogP contribution in [0, 0.1) is 0 Å². The van der Waals surface area contributed by atoms with Crippen molar-refractivity contribution in [2.45, 2.75) is 12.8 Å². The number of benzene rings is 2. The van der Waals surface area contributed by atoms with Gasteiger partial charge in [-0.3, -0.25) is 14.6 Å². The summed E-state index contributed by atoms with van der Waals surface area (Å²) in [7, 11) is 1.92. The van der Waals surface area contributed by atoms with Crippen LogP contribution in [0.1, 0.15) is 11.3 Å². The first-order chi connectivity index (χ1) is 13.7. The average molecular weight is 370 g/mol. The fourth-order valence-corrected chi connectivity index (χ4v) is 3.47. The van der Waals surface area contributed by atoms with Crippen LogP contribution < -0.4 is 5.56 Å². The number of hydrogen-bond acceptors (Lipinski definition) is 4. The molecule has 0 unspecified atom stereocenters. The molecule has 7 heteroatoms. The average Bonchev–Trinajstić information content (AvgIpc) is 3.30. The number of aromatic amines is 1. The molecule has 0 saturated carbocycles. The normalized spacial score (nSPS) is 11.5. The third-order valence-electron chi connectivity index (χ3n) is 4.82. The molecule has 0 saturated heterocycles.